The number of carbonyl (C=O) groups is 1. The average molecular weight is 361 g/mol. The van der Waals surface area contributed by atoms with Gasteiger partial charge in [-0.3, -0.25) is 4.79 Å². The van der Waals surface area contributed by atoms with Crippen LogP contribution in [0.3, 0.4) is 0 Å². The molecule has 0 aliphatic carbocycles. The van der Waals surface area contributed by atoms with Crippen LogP contribution in [-0.4, -0.2) is 21.2 Å². The lowest BCUT2D eigenvalue weighted by Gasteiger charge is -1.90. The van der Waals surface area contributed by atoms with Crippen molar-refractivity contribution in [1.82, 2.24) is 10.1 Å². The molecule has 0 saturated heterocycles. The topological polar surface area (TPSA) is 80.1 Å². The Kier molecular flexibility index (Phi) is 5.20. The number of aliphatic carboxylic acids is 1. The highest BCUT2D eigenvalue weighted by molar-refractivity contribution is 5.66. The Hall–Kier alpha value is -1.51. The van der Waals surface area contributed by atoms with Gasteiger partial charge in [-0.1, -0.05) is 5.16 Å². The number of nitrogens with zero attached hydrogens (tertiary/aromatic N) is 3. The zero-order valence-corrected chi connectivity index (χ0v) is 11.9. The van der Waals surface area contributed by atoms with Crippen molar-refractivity contribution in [2.24, 2.45) is 7.05 Å². The quantitative estimate of drug-likeness (QED) is 0.485. The molecule has 2 aromatic heterocycles. The highest BCUT2D eigenvalue weighted by Gasteiger charge is 2.10. The maximum absolute atomic E-state index is 10.4. The summed E-state index contributed by atoms with van der Waals surface area (Å²) in [7, 11) is 1.91. The van der Waals surface area contributed by atoms with Crippen LogP contribution >= 0.6 is 0 Å². The van der Waals surface area contributed by atoms with Crippen LogP contribution in [0.2, 0.25) is 0 Å². The summed E-state index contributed by atoms with van der Waals surface area (Å²) in [5.74, 6) is -0.0573. The summed E-state index contributed by atoms with van der Waals surface area (Å²) in [6, 6.07) is 3.73. The highest BCUT2D eigenvalue weighted by Crippen LogP contribution is 2.14. The molecule has 0 atom stereocenters. The number of carboxylic acids is 1. The van der Waals surface area contributed by atoms with Crippen LogP contribution in [0.15, 0.2) is 29.0 Å². The van der Waals surface area contributed by atoms with Gasteiger partial charge in [0.25, 0.3) is 0 Å². The Morgan fingerprint density at radius 2 is 2.11 bits per heavy atom. The van der Waals surface area contributed by atoms with Crippen molar-refractivity contribution in [2.75, 3.05) is 0 Å². The maximum Gasteiger partial charge on any atom is 0.303 e. The average Bonchev–Trinajstić information content (AvgIpc) is 2.76. The molecular weight excluding hydrogens is 349 g/mol. The molecule has 0 aliphatic heterocycles. The zero-order valence-electron chi connectivity index (χ0n) is 9.71. The fourth-order valence-electron chi connectivity index (χ4n) is 1.34. The molecule has 2 heterocycles. The first kappa shape index (κ1) is 14.6. The van der Waals surface area contributed by atoms with Crippen molar-refractivity contribution >= 4 is 5.97 Å². The summed E-state index contributed by atoms with van der Waals surface area (Å²) in [6.07, 6.45) is 4.00. The molecule has 0 radical (unpaired) electrons. The molecule has 0 aliphatic rings. The molecule has 0 fully saturated rings. The lowest BCUT2D eigenvalue weighted by atomic mass is 10.2. The minimum atomic E-state index is -0.878. The second-order valence-corrected chi connectivity index (χ2v) is 3.66. The molecule has 18 heavy (non-hydrogen) atoms. The maximum atomic E-state index is 10.4. The standard InChI is InChI=1S/C11H11N3O3.HI/c1-14-6-4-8(5-7-14)11-12-9(17-13-11)2-3-10(15)16;/h4-7H,2-3H2,1H3;1H. The third-order valence-corrected chi connectivity index (χ3v) is 2.26. The van der Waals surface area contributed by atoms with E-state index in [0.717, 1.165) is 5.56 Å². The first-order chi connectivity index (χ1) is 8.15. The van der Waals surface area contributed by atoms with Crippen molar-refractivity contribution in [3.8, 4) is 11.4 Å². The van der Waals surface area contributed by atoms with E-state index in [1.165, 1.54) is 0 Å². The summed E-state index contributed by atoms with van der Waals surface area (Å²) in [5.41, 5.74) is 0.841. The lowest BCUT2D eigenvalue weighted by Crippen LogP contribution is -3.00. The molecule has 96 valence electrons. The van der Waals surface area contributed by atoms with Crippen LogP contribution in [-0.2, 0) is 18.3 Å². The van der Waals surface area contributed by atoms with E-state index in [0.29, 0.717) is 11.7 Å². The molecule has 0 bridgehead atoms. The van der Waals surface area contributed by atoms with E-state index in [4.69, 9.17) is 9.63 Å². The Bertz CT molecular complexity index is 525. The Labute approximate surface area is 121 Å². The Morgan fingerprint density at radius 1 is 1.44 bits per heavy atom. The minimum Gasteiger partial charge on any atom is -1.00 e. The summed E-state index contributed by atoms with van der Waals surface area (Å²) in [6.45, 7) is 0. The van der Waals surface area contributed by atoms with E-state index >= 15 is 0 Å². The molecule has 2 aromatic rings. The van der Waals surface area contributed by atoms with Crippen LogP contribution in [0.1, 0.15) is 12.3 Å². The smallest absolute Gasteiger partial charge is 0.303 e. The molecule has 0 spiro atoms. The number of carboxylic acid groups (broad SMARTS) is 1. The van der Waals surface area contributed by atoms with Crippen LogP contribution < -0.4 is 28.5 Å². The second-order valence-electron chi connectivity index (χ2n) is 3.66. The molecule has 0 unspecified atom stereocenters. The highest BCUT2D eigenvalue weighted by atomic mass is 127. The van der Waals surface area contributed by atoms with Gasteiger partial charge in [-0.2, -0.15) is 4.98 Å². The molecule has 7 heteroatoms. The number of rotatable bonds is 4. The normalized spacial score (nSPS) is 9.83. The number of hydrogen-bond donors (Lipinski definition) is 1. The van der Waals surface area contributed by atoms with Gasteiger partial charge in [-0.25, -0.2) is 4.57 Å². The number of hydrogen-bond acceptors (Lipinski definition) is 4. The second kappa shape index (κ2) is 6.43. The van der Waals surface area contributed by atoms with E-state index in [2.05, 4.69) is 10.1 Å². The third kappa shape index (κ3) is 3.76. The van der Waals surface area contributed by atoms with Crippen LogP contribution in [0.5, 0.6) is 0 Å². The van der Waals surface area contributed by atoms with E-state index in [1.54, 1.807) is 0 Å². The fourth-order valence-corrected chi connectivity index (χ4v) is 1.34. The van der Waals surface area contributed by atoms with Gasteiger partial charge in [-0.05, 0) is 0 Å². The van der Waals surface area contributed by atoms with Crippen molar-refractivity contribution in [2.45, 2.75) is 12.8 Å². The monoisotopic (exact) mass is 361 g/mol. The predicted octanol–water partition coefficient (Wildman–Crippen LogP) is -2.42. The van der Waals surface area contributed by atoms with Gasteiger partial charge < -0.3 is 33.6 Å². The van der Waals surface area contributed by atoms with Gasteiger partial charge in [0.1, 0.15) is 7.05 Å². The third-order valence-electron chi connectivity index (χ3n) is 2.26. The fraction of sp³-hybridized carbons (Fsp3) is 0.273. The van der Waals surface area contributed by atoms with E-state index in [1.807, 2.05) is 36.1 Å². The van der Waals surface area contributed by atoms with Crippen molar-refractivity contribution in [3.05, 3.63) is 30.4 Å². The van der Waals surface area contributed by atoms with Crippen molar-refractivity contribution < 1.29 is 43.0 Å². The van der Waals surface area contributed by atoms with Crippen LogP contribution in [0.4, 0.5) is 0 Å². The van der Waals surface area contributed by atoms with E-state index < -0.39 is 5.97 Å². The van der Waals surface area contributed by atoms with Gasteiger partial charge in [0.15, 0.2) is 12.4 Å². The molecule has 1 N–H and O–H groups in total. The van der Waals surface area contributed by atoms with E-state index in [-0.39, 0.29) is 36.8 Å². The molecular formula is C11H12IN3O3. The van der Waals surface area contributed by atoms with Gasteiger partial charge in [0, 0.05) is 24.1 Å². The van der Waals surface area contributed by atoms with Crippen molar-refractivity contribution in [3.63, 3.8) is 0 Å². The van der Waals surface area contributed by atoms with Crippen LogP contribution in [0.25, 0.3) is 11.4 Å². The van der Waals surface area contributed by atoms with E-state index in [9.17, 15) is 4.79 Å². The predicted molar refractivity (Wildman–Crippen MR) is 56.9 cm³/mol. The number of halogens is 1. The summed E-state index contributed by atoms with van der Waals surface area (Å²) >= 11 is 0. The number of aromatic nitrogens is 3. The SMILES string of the molecule is C[n+]1ccc(-c2noc(CCC(=O)O)n2)cc1.[I-]. The largest absolute Gasteiger partial charge is 1.00 e. The minimum absolute atomic E-state index is 0. The number of pyridine rings is 1. The molecule has 2 rings (SSSR count). The molecule has 0 saturated carbocycles. The van der Waals surface area contributed by atoms with Gasteiger partial charge in [0.05, 0.1) is 6.42 Å². The molecule has 0 amide bonds. The zero-order chi connectivity index (χ0) is 12.3. The van der Waals surface area contributed by atoms with Gasteiger partial charge >= 0.3 is 5.97 Å². The first-order valence-electron chi connectivity index (χ1n) is 5.15. The first-order valence-corrected chi connectivity index (χ1v) is 5.15. The van der Waals surface area contributed by atoms with Crippen molar-refractivity contribution in [1.29, 1.82) is 0 Å². The lowest BCUT2D eigenvalue weighted by molar-refractivity contribution is -0.671. The van der Waals surface area contributed by atoms with Gasteiger partial charge in [-0.15, -0.1) is 0 Å². The van der Waals surface area contributed by atoms with Gasteiger partial charge in [0.2, 0.25) is 11.7 Å². The Balaban J connectivity index is 0.00000162. The Morgan fingerprint density at radius 3 is 2.72 bits per heavy atom. The molecule has 0 aromatic carbocycles. The summed E-state index contributed by atoms with van der Waals surface area (Å²) < 4.78 is 6.87. The van der Waals surface area contributed by atoms with Crippen LogP contribution in [0, 0.1) is 0 Å². The number of aryl methyl sites for hydroxylation is 2. The molecule has 6 nitrogen and oxygen atoms in total. The summed E-state index contributed by atoms with van der Waals surface area (Å²) in [4.78, 5) is 14.5. The summed E-state index contributed by atoms with van der Waals surface area (Å²) in [5, 5.41) is 12.3.